The van der Waals surface area contributed by atoms with Crippen molar-refractivity contribution in [1.82, 2.24) is 0 Å². The average Bonchev–Trinajstić information content (AvgIpc) is 2.81. The van der Waals surface area contributed by atoms with Gasteiger partial charge in [-0.15, -0.1) is 11.3 Å². The molecule has 2 rings (SSSR count). The number of halogens is 2. The van der Waals surface area contributed by atoms with Crippen LogP contribution in [0, 0.1) is 5.82 Å². The number of allylic oxidation sites excluding steroid dienone is 1. The summed E-state index contributed by atoms with van der Waals surface area (Å²) >= 11 is 4.83. The lowest BCUT2D eigenvalue weighted by Gasteiger charge is -2.02. The molecular formula is C14H10BrFO2S. The third kappa shape index (κ3) is 3.52. The minimum absolute atomic E-state index is 0.0349. The van der Waals surface area contributed by atoms with Crippen molar-refractivity contribution in [2.24, 2.45) is 0 Å². The van der Waals surface area contributed by atoms with Crippen molar-refractivity contribution in [3.63, 3.8) is 0 Å². The minimum atomic E-state index is -0.582. The molecule has 0 bridgehead atoms. The second kappa shape index (κ2) is 6.12. The molecule has 1 aromatic heterocycles. The normalized spacial score (nSPS) is 10.9. The molecule has 0 spiro atoms. The minimum Gasteiger partial charge on any atom is -0.497 e. The molecule has 5 heteroatoms. The molecular weight excluding hydrogens is 331 g/mol. The van der Waals surface area contributed by atoms with Crippen molar-refractivity contribution in [3.05, 3.63) is 56.5 Å². The Bertz CT molecular complexity index is 634. The lowest BCUT2D eigenvalue weighted by atomic mass is 10.1. The first kappa shape index (κ1) is 14.0. The number of ketones is 1. The van der Waals surface area contributed by atoms with E-state index in [2.05, 4.69) is 15.9 Å². The van der Waals surface area contributed by atoms with Crippen molar-refractivity contribution >= 4 is 39.1 Å². The zero-order valence-corrected chi connectivity index (χ0v) is 12.4. The summed E-state index contributed by atoms with van der Waals surface area (Å²) in [5, 5.41) is 1.91. The summed E-state index contributed by atoms with van der Waals surface area (Å²) in [6, 6.07) is 6.07. The zero-order chi connectivity index (χ0) is 13.8. The maximum Gasteiger partial charge on any atom is 0.188 e. The highest BCUT2D eigenvalue weighted by Gasteiger charge is 2.09. The van der Waals surface area contributed by atoms with Crippen LogP contribution in [0.15, 0.2) is 40.2 Å². The van der Waals surface area contributed by atoms with Crippen LogP contribution in [-0.4, -0.2) is 12.9 Å². The van der Waals surface area contributed by atoms with E-state index in [9.17, 15) is 9.18 Å². The summed E-state index contributed by atoms with van der Waals surface area (Å²) in [4.78, 5) is 12.8. The van der Waals surface area contributed by atoms with Crippen LogP contribution < -0.4 is 4.74 Å². The van der Waals surface area contributed by atoms with Gasteiger partial charge in [0.25, 0.3) is 0 Å². The van der Waals surface area contributed by atoms with E-state index in [0.717, 1.165) is 9.35 Å². The van der Waals surface area contributed by atoms with Crippen LogP contribution in [0.5, 0.6) is 5.75 Å². The predicted molar refractivity (Wildman–Crippen MR) is 78.3 cm³/mol. The molecule has 0 saturated heterocycles. The molecule has 0 saturated carbocycles. The number of ether oxygens (including phenoxy) is 1. The number of methoxy groups -OCH3 is 1. The molecule has 19 heavy (non-hydrogen) atoms. The molecule has 0 aliphatic rings. The number of hydrogen-bond donors (Lipinski definition) is 0. The van der Waals surface area contributed by atoms with E-state index < -0.39 is 5.82 Å². The Balaban J connectivity index is 2.18. The molecule has 1 aromatic carbocycles. The van der Waals surface area contributed by atoms with Crippen LogP contribution in [0.4, 0.5) is 4.39 Å². The highest BCUT2D eigenvalue weighted by atomic mass is 79.9. The van der Waals surface area contributed by atoms with Crippen molar-refractivity contribution in [1.29, 1.82) is 0 Å². The molecule has 2 nitrogen and oxygen atoms in total. The molecule has 1 heterocycles. The summed E-state index contributed by atoms with van der Waals surface area (Å²) in [5.41, 5.74) is 0.0349. The van der Waals surface area contributed by atoms with Crippen LogP contribution in [-0.2, 0) is 0 Å². The first-order chi connectivity index (χ1) is 9.10. The Hall–Kier alpha value is -1.46. The molecule has 98 valence electrons. The molecule has 0 aliphatic carbocycles. The molecule has 0 fully saturated rings. The van der Waals surface area contributed by atoms with Gasteiger partial charge in [-0.25, -0.2) is 4.39 Å². The van der Waals surface area contributed by atoms with E-state index in [1.54, 1.807) is 12.1 Å². The van der Waals surface area contributed by atoms with Gasteiger partial charge in [-0.3, -0.25) is 4.79 Å². The molecule has 0 amide bonds. The molecule has 0 radical (unpaired) electrons. The zero-order valence-electron chi connectivity index (χ0n) is 10.0. The van der Waals surface area contributed by atoms with Crippen molar-refractivity contribution < 1.29 is 13.9 Å². The van der Waals surface area contributed by atoms with Crippen LogP contribution in [0.25, 0.3) is 6.08 Å². The Morgan fingerprint density at radius 1 is 1.42 bits per heavy atom. The SMILES string of the molecule is COc1ccc(C(=O)/C=C/c2cc(Br)cs2)c(F)c1. The van der Waals surface area contributed by atoms with Crippen LogP contribution in [0.2, 0.25) is 0 Å². The fourth-order valence-corrected chi connectivity index (χ4v) is 2.82. The predicted octanol–water partition coefficient (Wildman–Crippen LogP) is 4.55. The van der Waals surface area contributed by atoms with E-state index in [4.69, 9.17) is 4.74 Å². The van der Waals surface area contributed by atoms with Crippen molar-refractivity contribution in [2.45, 2.75) is 0 Å². The Morgan fingerprint density at radius 2 is 2.21 bits per heavy atom. The summed E-state index contributed by atoms with van der Waals surface area (Å²) in [6.07, 6.45) is 3.03. The second-order valence-corrected chi connectivity index (χ2v) is 5.57. The highest BCUT2D eigenvalue weighted by molar-refractivity contribution is 9.10. The largest absolute Gasteiger partial charge is 0.497 e. The topological polar surface area (TPSA) is 26.3 Å². The Labute approximate surface area is 122 Å². The lowest BCUT2D eigenvalue weighted by Crippen LogP contribution is -1.99. The van der Waals surface area contributed by atoms with Gasteiger partial charge >= 0.3 is 0 Å². The van der Waals surface area contributed by atoms with E-state index in [1.807, 2.05) is 11.4 Å². The molecule has 0 unspecified atom stereocenters. The molecule has 0 aliphatic heterocycles. The first-order valence-electron chi connectivity index (χ1n) is 5.40. The standard InChI is InChI=1S/C14H10BrFO2S/c1-18-10-2-4-12(13(16)7-10)14(17)5-3-11-6-9(15)8-19-11/h2-8H,1H3/b5-3+. The third-order valence-electron chi connectivity index (χ3n) is 2.43. The summed E-state index contributed by atoms with van der Waals surface area (Å²) < 4.78 is 19.5. The highest BCUT2D eigenvalue weighted by Crippen LogP contribution is 2.22. The summed E-state index contributed by atoms with van der Waals surface area (Å²) in [7, 11) is 1.45. The van der Waals surface area contributed by atoms with Crippen LogP contribution in [0.1, 0.15) is 15.2 Å². The van der Waals surface area contributed by atoms with Crippen LogP contribution in [0.3, 0.4) is 0 Å². The maximum absolute atomic E-state index is 13.7. The Morgan fingerprint density at radius 3 is 2.79 bits per heavy atom. The Kier molecular flexibility index (Phi) is 4.50. The van der Waals surface area contributed by atoms with E-state index in [1.165, 1.54) is 36.7 Å². The van der Waals surface area contributed by atoms with Gasteiger partial charge in [0.05, 0.1) is 12.7 Å². The number of carbonyl (C=O) groups is 1. The number of benzene rings is 1. The maximum atomic E-state index is 13.7. The summed E-state index contributed by atoms with van der Waals surface area (Å²) in [5.74, 6) is -0.564. The first-order valence-corrected chi connectivity index (χ1v) is 7.07. The lowest BCUT2D eigenvalue weighted by molar-refractivity contribution is 0.104. The fourth-order valence-electron chi connectivity index (χ4n) is 1.49. The van der Waals surface area contributed by atoms with Gasteiger partial charge in [-0.2, -0.15) is 0 Å². The van der Waals surface area contributed by atoms with Gasteiger partial charge in [0, 0.05) is 20.8 Å². The van der Waals surface area contributed by atoms with Crippen molar-refractivity contribution in [3.8, 4) is 5.75 Å². The van der Waals surface area contributed by atoms with Gasteiger partial charge in [0.1, 0.15) is 11.6 Å². The number of rotatable bonds is 4. The number of thiophene rings is 1. The summed E-state index contributed by atoms with van der Waals surface area (Å²) in [6.45, 7) is 0. The van der Waals surface area contributed by atoms with E-state index >= 15 is 0 Å². The fraction of sp³-hybridized carbons (Fsp3) is 0.0714. The average molecular weight is 341 g/mol. The second-order valence-electron chi connectivity index (χ2n) is 3.71. The van der Waals surface area contributed by atoms with Gasteiger partial charge in [-0.05, 0) is 46.3 Å². The number of hydrogen-bond acceptors (Lipinski definition) is 3. The van der Waals surface area contributed by atoms with Gasteiger partial charge < -0.3 is 4.74 Å². The van der Waals surface area contributed by atoms with E-state index in [0.29, 0.717) is 5.75 Å². The van der Waals surface area contributed by atoms with Gasteiger partial charge in [-0.1, -0.05) is 0 Å². The third-order valence-corrected chi connectivity index (χ3v) is 4.09. The van der Waals surface area contributed by atoms with Crippen LogP contribution >= 0.6 is 27.3 Å². The monoisotopic (exact) mass is 340 g/mol. The molecule has 0 N–H and O–H groups in total. The molecule has 0 atom stereocenters. The number of carbonyl (C=O) groups excluding carboxylic acids is 1. The van der Waals surface area contributed by atoms with Gasteiger partial charge in [0.2, 0.25) is 0 Å². The smallest absolute Gasteiger partial charge is 0.188 e. The quantitative estimate of drug-likeness (QED) is 0.602. The van der Waals surface area contributed by atoms with E-state index in [-0.39, 0.29) is 11.3 Å². The van der Waals surface area contributed by atoms with Crippen molar-refractivity contribution in [2.75, 3.05) is 7.11 Å². The van der Waals surface area contributed by atoms with Gasteiger partial charge in [0.15, 0.2) is 5.78 Å². The molecule has 2 aromatic rings.